The van der Waals surface area contributed by atoms with Crippen LogP contribution in [-0.4, -0.2) is 17.9 Å². The zero-order chi connectivity index (χ0) is 15.0. The molecule has 0 saturated heterocycles. The summed E-state index contributed by atoms with van der Waals surface area (Å²) in [4.78, 5) is 15.7. The van der Waals surface area contributed by atoms with E-state index in [4.69, 9.17) is 4.42 Å². The van der Waals surface area contributed by atoms with E-state index in [1.165, 1.54) is 14.0 Å². The predicted molar refractivity (Wildman–Crippen MR) is 69.5 cm³/mol. The number of carbonyl (C=O) groups is 1. The Bertz CT molecular complexity index is 693. The molecule has 4 nitrogen and oxygen atoms in total. The number of oxazole rings is 1. The zero-order valence-corrected chi connectivity index (χ0v) is 11.6. The Balaban J connectivity index is 2.74. The number of hydrogen-bond donors (Lipinski definition) is 1. The third kappa shape index (κ3) is 2.17. The lowest BCUT2D eigenvalue weighted by Crippen LogP contribution is -2.20. The fourth-order valence-corrected chi connectivity index (χ4v) is 2.02. The molecule has 0 bridgehead atoms. The Kier molecular flexibility index (Phi) is 3.57. The van der Waals surface area contributed by atoms with Crippen molar-refractivity contribution < 1.29 is 18.0 Å². The molecule has 0 unspecified atom stereocenters. The summed E-state index contributed by atoms with van der Waals surface area (Å²) in [5.74, 6) is -1.45. The van der Waals surface area contributed by atoms with Crippen molar-refractivity contribution in [1.82, 2.24) is 10.3 Å². The van der Waals surface area contributed by atoms with E-state index in [0.29, 0.717) is 11.7 Å². The van der Waals surface area contributed by atoms with Gasteiger partial charge in [0.2, 0.25) is 0 Å². The molecule has 0 aliphatic rings. The van der Waals surface area contributed by atoms with Gasteiger partial charge in [0, 0.05) is 25.1 Å². The van der Waals surface area contributed by atoms with E-state index < -0.39 is 17.5 Å². The number of aromatic nitrogens is 1. The molecule has 1 amide bonds. The van der Waals surface area contributed by atoms with Gasteiger partial charge in [0.25, 0.3) is 5.91 Å². The van der Waals surface area contributed by atoms with Crippen LogP contribution in [-0.2, 0) is 0 Å². The highest BCUT2D eigenvalue weighted by Crippen LogP contribution is 2.30. The third-order valence-electron chi connectivity index (χ3n) is 3.05. The highest BCUT2D eigenvalue weighted by atomic mass is 19.1. The first kappa shape index (κ1) is 14.2. The van der Waals surface area contributed by atoms with E-state index in [1.54, 1.807) is 13.8 Å². The Morgan fingerprint density at radius 3 is 2.40 bits per heavy atom. The Morgan fingerprint density at radius 2 is 1.90 bits per heavy atom. The van der Waals surface area contributed by atoms with Crippen LogP contribution in [0.4, 0.5) is 8.78 Å². The number of carbonyl (C=O) groups excluding carboxylic acids is 1. The standard InChI is InChI=1S/C14H14F2N2O2/c1-6-11(15)9(13-7(2)20-8(3)18-13)5-10(12(6)16)14(19)17-4/h5H,1-4H3,(H,17,19). The third-order valence-corrected chi connectivity index (χ3v) is 3.05. The minimum absolute atomic E-state index is 0.0526. The van der Waals surface area contributed by atoms with Crippen molar-refractivity contribution >= 4 is 5.91 Å². The van der Waals surface area contributed by atoms with E-state index in [9.17, 15) is 13.6 Å². The molecule has 106 valence electrons. The molecule has 0 spiro atoms. The molecule has 0 aliphatic heterocycles. The van der Waals surface area contributed by atoms with E-state index in [-0.39, 0.29) is 22.4 Å². The topological polar surface area (TPSA) is 55.1 Å². The first-order valence-corrected chi connectivity index (χ1v) is 6.01. The van der Waals surface area contributed by atoms with Crippen LogP contribution in [0.2, 0.25) is 0 Å². The lowest BCUT2D eigenvalue weighted by atomic mass is 10.0. The number of aryl methyl sites for hydroxylation is 2. The van der Waals surface area contributed by atoms with Crippen LogP contribution < -0.4 is 5.32 Å². The quantitative estimate of drug-likeness (QED) is 0.920. The molecule has 1 N–H and O–H groups in total. The number of nitrogens with one attached hydrogen (secondary N) is 1. The molecule has 20 heavy (non-hydrogen) atoms. The van der Waals surface area contributed by atoms with Gasteiger partial charge in [0.1, 0.15) is 23.1 Å². The maximum absolute atomic E-state index is 14.2. The summed E-state index contributed by atoms with van der Waals surface area (Å²) >= 11 is 0. The van der Waals surface area contributed by atoms with Gasteiger partial charge in [-0.05, 0) is 19.9 Å². The molecule has 1 aromatic carbocycles. The van der Waals surface area contributed by atoms with E-state index in [1.807, 2.05) is 0 Å². The lowest BCUT2D eigenvalue weighted by Gasteiger charge is -2.09. The number of nitrogens with zero attached hydrogens (tertiary/aromatic N) is 1. The monoisotopic (exact) mass is 280 g/mol. The molecule has 2 aromatic rings. The summed E-state index contributed by atoms with van der Waals surface area (Å²) in [6.07, 6.45) is 0. The van der Waals surface area contributed by atoms with Gasteiger partial charge >= 0.3 is 0 Å². The largest absolute Gasteiger partial charge is 0.446 e. The smallest absolute Gasteiger partial charge is 0.254 e. The minimum atomic E-state index is -0.872. The average Bonchev–Trinajstić information content (AvgIpc) is 2.74. The van der Waals surface area contributed by atoms with Crippen molar-refractivity contribution in [2.75, 3.05) is 7.05 Å². The second-order valence-corrected chi connectivity index (χ2v) is 4.44. The van der Waals surface area contributed by atoms with Gasteiger partial charge < -0.3 is 9.73 Å². The zero-order valence-electron chi connectivity index (χ0n) is 11.6. The number of benzene rings is 1. The Hall–Kier alpha value is -2.24. The normalized spacial score (nSPS) is 10.7. The molecule has 1 aromatic heterocycles. The molecule has 0 atom stereocenters. The van der Waals surface area contributed by atoms with Crippen molar-refractivity contribution in [2.45, 2.75) is 20.8 Å². The van der Waals surface area contributed by atoms with Gasteiger partial charge in [-0.1, -0.05) is 0 Å². The fourth-order valence-electron chi connectivity index (χ4n) is 2.02. The first-order chi connectivity index (χ1) is 9.36. The maximum atomic E-state index is 14.2. The van der Waals surface area contributed by atoms with Crippen LogP contribution >= 0.6 is 0 Å². The fraction of sp³-hybridized carbons (Fsp3) is 0.286. The first-order valence-electron chi connectivity index (χ1n) is 6.01. The van der Waals surface area contributed by atoms with E-state index >= 15 is 0 Å². The number of hydrogen-bond acceptors (Lipinski definition) is 3. The van der Waals surface area contributed by atoms with Gasteiger partial charge in [0.15, 0.2) is 5.89 Å². The molecule has 2 rings (SSSR count). The molecule has 0 fully saturated rings. The lowest BCUT2D eigenvalue weighted by molar-refractivity contribution is 0.0959. The van der Waals surface area contributed by atoms with Gasteiger partial charge in [-0.15, -0.1) is 0 Å². The summed E-state index contributed by atoms with van der Waals surface area (Å²) in [6, 6.07) is 1.15. The van der Waals surface area contributed by atoms with Crippen LogP contribution in [0.1, 0.15) is 27.6 Å². The van der Waals surface area contributed by atoms with Gasteiger partial charge in [0.05, 0.1) is 5.56 Å². The van der Waals surface area contributed by atoms with Crippen LogP contribution in [0.15, 0.2) is 10.5 Å². The van der Waals surface area contributed by atoms with Crippen molar-refractivity contribution in [3.8, 4) is 11.3 Å². The van der Waals surface area contributed by atoms with Gasteiger partial charge in [-0.3, -0.25) is 4.79 Å². The number of halogens is 2. The molecule has 6 heteroatoms. The van der Waals surface area contributed by atoms with Gasteiger partial charge in [-0.2, -0.15) is 0 Å². The maximum Gasteiger partial charge on any atom is 0.254 e. The summed E-state index contributed by atoms with van der Waals surface area (Å²) in [5.41, 5.74) is -0.118. The van der Waals surface area contributed by atoms with Crippen LogP contribution in [0.3, 0.4) is 0 Å². The molecular formula is C14H14F2N2O2. The van der Waals surface area contributed by atoms with E-state index in [0.717, 1.165) is 6.07 Å². The highest BCUT2D eigenvalue weighted by molar-refractivity contribution is 5.95. The van der Waals surface area contributed by atoms with Crippen molar-refractivity contribution in [2.24, 2.45) is 0 Å². The minimum Gasteiger partial charge on any atom is -0.446 e. The van der Waals surface area contributed by atoms with Crippen molar-refractivity contribution in [3.05, 3.63) is 40.5 Å². The number of rotatable bonds is 2. The average molecular weight is 280 g/mol. The molecule has 0 saturated carbocycles. The Morgan fingerprint density at radius 1 is 1.25 bits per heavy atom. The van der Waals surface area contributed by atoms with Crippen molar-refractivity contribution in [3.63, 3.8) is 0 Å². The highest BCUT2D eigenvalue weighted by Gasteiger charge is 2.23. The molecular weight excluding hydrogens is 266 g/mol. The van der Waals surface area contributed by atoms with Crippen LogP contribution in [0.5, 0.6) is 0 Å². The Labute approximate surface area is 114 Å². The van der Waals surface area contributed by atoms with Gasteiger partial charge in [-0.25, -0.2) is 13.8 Å². The summed E-state index contributed by atoms with van der Waals surface area (Å²) in [7, 11) is 1.38. The molecule has 0 aliphatic carbocycles. The summed E-state index contributed by atoms with van der Waals surface area (Å²) in [5, 5.41) is 2.32. The SMILES string of the molecule is CNC(=O)c1cc(-c2nc(C)oc2C)c(F)c(C)c1F. The summed E-state index contributed by atoms with van der Waals surface area (Å²) < 4.78 is 33.4. The molecule has 0 radical (unpaired) electrons. The number of amides is 1. The second kappa shape index (κ2) is 5.03. The molecule has 1 heterocycles. The van der Waals surface area contributed by atoms with Crippen LogP contribution in [0, 0.1) is 32.4 Å². The van der Waals surface area contributed by atoms with E-state index in [2.05, 4.69) is 10.3 Å². The van der Waals surface area contributed by atoms with Crippen molar-refractivity contribution in [1.29, 1.82) is 0 Å². The second-order valence-electron chi connectivity index (χ2n) is 4.44. The summed E-state index contributed by atoms with van der Waals surface area (Å²) in [6.45, 7) is 4.54. The van der Waals surface area contributed by atoms with Crippen LogP contribution in [0.25, 0.3) is 11.3 Å². The predicted octanol–water partition coefficient (Wildman–Crippen LogP) is 2.90.